The van der Waals surface area contributed by atoms with Crippen molar-refractivity contribution >= 4 is 114 Å². The Morgan fingerprint density at radius 3 is 2.13 bits per heavy atom. The van der Waals surface area contributed by atoms with E-state index in [9.17, 15) is 19.2 Å². The summed E-state index contributed by atoms with van der Waals surface area (Å²) in [4.78, 5) is 48.9. The summed E-state index contributed by atoms with van der Waals surface area (Å²) in [6.45, 7) is 0.157. The second kappa shape index (κ2) is 10.4. The molecule has 162 valence electrons. The average molecular weight is 874 g/mol. The number of ether oxygens (including phenoxy) is 3. The van der Waals surface area contributed by atoms with Crippen molar-refractivity contribution in [1.29, 1.82) is 0 Å². The van der Waals surface area contributed by atoms with Crippen LogP contribution in [0.15, 0.2) is 24.3 Å². The number of hydrogen-bond donors (Lipinski definition) is 1. The van der Waals surface area contributed by atoms with Crippen LogP contribution in [0.3, 0.4) is 0 Å². The molecule has 0 radical (unpaired) electrons. The van der Waals surface area contributed by atoms with E-state index in [1.807, 2.05) is 45.2 Å². The van der Waals surface area contributed by atoms with Crippen LogP contribution < -0.4 is 4.74 Å². The van der Waals surface area contributed by atoms with Gasteiger partial charge >= 0.3 is 23.9 Å². The molecule has 8 nitrogen and oxygen atoms in total. The Hall–Kier alpha value is -0.760. The van der Waals surface area contributed by atoms with Crippen LogP contribution in [-0.2, 0) is 14.3 Å². The molecule has 2 aromatic rings. The third-order valence-electron chi connectivity index (χ3n) is 4.10. The number of carboxylic acid groups (broad SMARTS) is 1. The number of carboxylic acids is 1. The Balaban J connectivity index is 2.03. The molecular formula is C19H10I4O8. The van der Waals surface area contributed by atoms with Crippen LogP contribution in [0, 0.1) is 14.3 Å². The van der Waals surface area contributed by atoms with Gasteiger partial charge in [-0.15, -0.1) is 0 Å². The minimum Gasteiger partial charge on any atom is -0.478 e. The predicted octanol–water partition coefficient (Wildman–Crippen LogP) is 4.49. The zero-order chi connectivity index (χ0) is 22.9. The number of aromatic carboxylic acids is 1. The highest BCUT2D eigenvalue weighted by molar-refractivity contribution is 14.1. The Morgan fingerprint density at radius 2 is 1.58 bits per heavy atom. The largest absolute Gasteiger partial charge is 0.478 e. The summed E-state index contributed by atoms with van der Waals surface area (Å²) >= 11 is 8.00. The molecule has 0 spiro atoms. The van der Waals surface area contributed by atoms with Gasteiger partial charge in [-0.1, -0.05) is 6.07 Å². The molecule has 31 heavy (non-hydrogen) atoms. The first-order valence-corrected chi connectivity index (χ1v) is 12.7. The molecular weight excluding hydrogens is 864 g/mol. The van der Waals surface area contributed by atoms with Crippen LogP contribution in [0.5, 0.6) is 5.75 Å². The van der Waals surface area contributed by atoms with Gasteiger partial charge in [0.25, 0.3) is 0 Å². The molecule has 3 rings (SSSR count). The van der Waals surface area contributed by atoms with Crippen molar-refractivity contribution in [2.75, 3.05) is 6.61 Å². The molecule has 1 fully saturated rings. The quantitative estimate of drug-likeness (QED) is 0.154. The van der Waals surface area contributed by atoms with Crippen LogP contribution in [0.25, 0.3) is 0 Å². The summed E-state index contributed by atoms with van der Waals surface area (Å²) in [6, 6.07) is 5.46. The topological polar surface area (TPSA) is 116 Å². The number of carbonyl (C=O) groups is 4. The van der Waals surface area contributed by atoms with Gasteiger partial charge in [-0.25, -0.2) is 19.2 Å². The first-order valence-electron chi connectivity index (χ1n) is 8.41. The fourth-order valence-electron chi connectivity index (χ4n) is 2.64. The zero-order valence-corrected chi connectivity index (χ0v) is 23.7. The van der Waals surface area contributed by atoms with Crippen LogP contribution in [-0.4, -0.2) is 41.7 Å². The van der Waals surface area contributed by atoms with Gasteiger partial charge in [0.15, 0.2) is 0 Å². The number of rotatable bonds is 5. The SMILES string of the molecule is O=C(O)c1cccc(OC(=O)c2c(I)c(I)c(I)c(I)c2C(=O)OC2CCOC2=O)c1. The number of benzene rings is 2. The van der Waals surface area contributed by atoms with E-state index in [4.69, 9.17) is 19.3 Å². The first kappa shape index (κ1) is 24.9. The normalized spacial score (nSPS) is 15.4. The molecule has 1 N–H and O–H groups in total. The summed E-state index contributed by atoms with van der Waals surface area (Å²) in [6.07, 6.45) is -0.796. The molecule has 1 aliphatic heterocycles. The number of esters is 3. The van der Waals surface area contributed by atoms with Crippen molar-refractivity contribution in [3.63, 3.8) is 0 Å². The second-order valence-electron chi connectivity index (χ2n) is 6.08. The predicted molar refractivity (Wildman–Crippen MR) is 140 cm³/mol. The van der Waals surface area contributed by atoms with Crippen LogP contribution in [0.2, 0.25) is 0 Å². The minimum atomic E-state index is -1.17. The van der Waals surface area contributed by atoms with Gasteiger partial charge < -0.3 is 19.3 Å². The van der Waals surface area contributed by atoms with Crippen molar-refractivity contribution in [3.05, 3.63) is 55.2 Å². The van der Waals surface area contributed by atoms with Crippen molar-refractivity contribution in [1.82, 2.24) is 0 Å². The lowest BCUT2D eigenvalue weighted by Crippen LogP contribution is -2.26. The van der Waals surface area contributed by atoms with E-state index in [0.29, 0.717) is 7.14 Å². The average Bonchev–Trinajstić information content (AvgIpc) is 3.13. The molecule has 0 bridgehead atoms. The van der Waals surface area contributed by atoms with Crippen molar-refractivity contribution < 1.29 is 38.5 Å². The van der Waals surface area contributed by atoms with E-state index in [1.165, 1.54) is 24.3 Å². The van der Waals surface area contributed by atoms with E-state index in [-0.39, 0.29) is 35.5 Å². The maximum absolute atomic E-state index is 13.1. The lowest BCUT2D eigenvalue weighted by atomic mass is 10.1. The van der Waals surface area contributed by atoms with Gasteiger partial charge in [0.2, 0.25) is 6.10 Å². The summed E-state index contributed by atoms with van der Waals surface area (Å²) in [7, 11) is 0. The van der Waals surface area contributed by atoms with Gasteiger partial charge in [-0.2, -0.15) is 0 Å². The molecule has 1 heterocycles. The van der Waals surface area contributed by atoms with Gasteiger partial charge in [0.05, 0.1) is 23.3 Å². The van der Waals surface area contributed by atoms with Crippen molar-refractivity contribution in [2.45, 2.75) is 12.5 Å². The summed E-state index contributed by atoms with van der Waals surface area (Å²) in [5.74, 6) is -3.47. The van der Waals surface area contributed by atoms with Crippen LogP contribution in [0.1, 0.15) is 37.5 Å². The smallest absolute Gasteiger partial charge is 0.347 e. The highest BCUT2D eigenvalue weighted by Gasteiger charge is 2.35. The standard InChI is InChI=1S/C19H10I4O8/c20-12-10(18(27)30-8-3-1-2-7(6-8)16(24)25)11(13(21)15(23)14(12)22)19(28)31-9-4-5-29-17(9)26/h1-3,6,9H,4-5H2,(H,24,25). The van der Waals surface area contributed by atoms with E-state index < -0.39 is 30.0 Å². The Kier molecular flexibility index (Phi) is 8.38. The Bertz CT molecular complexity index is 1110. The Labute approximate surface area is 230 Å². The highest BCUT2D eigenvalue weighted by Crippen LogP contribution is 2.34. The van der Waals surface area contributed by atoms with Gasteiger partial charge in [0, 0.05) is 20.7 Å². The highest BCUT2D eigenvalue weighted by atomic mass is 127. The number of hydrogen-bond acceptors (Lipinski definition) is 7. The molecule has 1 aliphatic rings. The van der Waals surface area contributed by atoms with E-state index in [1.54, 1.807) is 0 Å². The van der Waals surface area contributed by atoms with Crippen molar-refractivity contribution in [2.24, 2.45) is 0 Å². The molecule has 0 aromatic heterocycles. The van der Waals surface area contributed by atoms with E-state index in [2.05, 4.69) is 45.2 Å². The van der Waals surface area contributed by atoms with E-state index >= 15 is 0 Å². The molecule has 0 amide bonds. The maximum Gasteiger partial charge on any atom is 0.347 e. The molecule has 12 heteroatoms. The van der Waals surface area contributed by atoms with Gasteiger partial charge in [-0.05, 0) is 109 Å². The molecule has 0 saturated carbocycles. The molecule has 0 aliphatic carbocycles. The lowest BCUT2D eigenvalue weighted by molar-refractivity contribution is -0.145. The lowest BCUT2D eigenvalue weighted by Gasteiger charge is -2.17. The van der Waals surface area contributed by atoms with Gasteiger partial charge in [0.1, 0.15) is 5.75 Å². The molecule has 1 saturated heterocycles. The van der Waals surface area contributed by atoms with Crippen LogP contribution in [0.4, 0.5) is 0 Å². The first-order chi connectivity index (χ1) is 14.6. The zero-order valence-electron chi connectivity index (χ0n) is 15.1. The fourth-order valence-corrected chi connectivity index (χ4v) is 6.27. The number of halogens is 4. The second-order valence-corrected chi connectivity index (χ2v) is 10.4. The minimum absolute atomic E-state index is 0.0166. The van der Waals surface area contributed by atoms with Gasteiger partial charge in [-0.3, -0.25) is 0 Å². The summed E-state index contributed by atoms with van der Waals surface area (Å²) < 4.78 is 18.0. The number of carbonyl (C=O) groups excluding carboxylic acids is 3. The monoisotopic (exact) mass is 874 g/mol. The van der Waals surface area contributed by atoms with Crippen LogP contribution >= 0.6 is 90.4 Å². The molecule has 1 atom stereocenters. The maximum atomic E-state index is 13.1. The molecule has 1 unspecified atom stereocenters. The Morgan fingerprint density at radius 1 is 0.968 bits per heavy atom. The van der Waals surface area contributed by atoms with Crippen molar-refractivity contribution in [3.8, 4) is 5.75 Å². The third kappa shape index (κ3) is 5.43. The van der Waals surface area contributed by atoms with E-state index in [0.717, 1.165) is 7.14 Å². The fraction of sp³-hybridized carbons (Fsp3) is 0.158. The number of cyclic esters (lactones) is 1. The summed E-state index contributed by atoms with van der Waals surface area (Å²) in [5.41, 5.74) is -0.0908. The molecule has 2 aromatic carbocycles. The summed E-state index contributed by atoms with van der Waals surface area (Å²) in [5, 5.41) is 9.14. The third-order valence-corrected chi connectivity index (χ3v) is 11.5.